The maximum atomic E-state index is 11.8. The van der Waals surface area contributed by atoms with Crippen LogP contribution in [0.1, 0.15) is 33.6 Å². The van der Waals surface area contributed by atoms with Crippen molar-refractivity contribution in [3.05, 3.63) is 0 Å². The number of rotatable bonds is 2. The molecular formula is C11H17NO5. The van der Waals surface area contributed by atoms with Gasteiger partial charge in [-0.1, -0.05) is 0 Å². The van der Waals surface area contributed by atoms with Crippen LogP contribution in [0.25, 0.3) is 0 Å². The molecule has 0 aromatic carbocycles. The number of carboxylic acid groups (broad SMARTS) is 1. The van der Waals surface area contributed by atoms with Crippen LogP contribution in [0.4, 0.5) is 4.79 Å². The van der Waals surface area contributed by atoms with E-state index in [9.17, 15) is 14.4 Å². The Morgan fingerprint density at radius 3 is 2.35 bits per heavy atom. The Kier molecular flexibility index (Phi) is 3.75. The number of carboxylic acids is 1. The molecule has 0 aromatic heterocycles. The molecule has 0 radical (unpaired) electrons. The second kappa shape index (κ2) is 4.73. The number of carbonyl (C=O) groups is 3. The Morgan fingerprint density at radius 2 is 1.88 bits per heavy atom. The molecule has 0 spiro atoms. The molecule has 6 nitrogen and oxygen atoms in total. The molecule has 1 N–H and O–H groups in total. The van der Waals surface area contributed by atoms with Crippen molar-refractivity contribution in [2.75, 3.05) is 6.54 Å². The zero-order valence-corrected chi connectivity index (χ0v) is 10.2. The Labute approximate surface area is 99.5 Å². The lowest BCUT2D eigenvalue weighted by molar-refractivity contribution is -0.151. The third kappa shape index (κ3) is 3.44. The Bertz CT molecular complexity index is 344. The smallest absolute Gasteiger partial charge is 0.410 e. The number of hydrogen-bond donors (Lipinski definition) is 1. The zero-order chi connectivity index (χ0) is 13.2. The standard InChI is InChI=1S/C11H17NO5/c1-11(2,3)17-10(16)12-6-4-5-7(12)8(13)9(14)15/h7H,4-6H2,1-3H3,(H,14,15)/t7-/m0/s1. The highest BCUT2D eigenvalue weighted by molar-refractivity contribution is 6.35. The van der Waals surface area contributed by atoms with E-state index in [4.69, 9.17) is 9.84 Å². The first-order valence-electron chi connectivity index (χ1n) is 5.49. The van der Waals surface area contributed by atoms with Crippen LogP contribution in [0.2, 0.25) is 0 Å². The predicted molar refractivity (Wildman–Crippen MR) is 58.6 cm³/mol. The predicted octanol–water partition coefficient (Wildman–Crippen LogP) is 1.04. The molecule has 1 heterocycles. The molecule has 0 unspecified atom stereocenters. The molecule has 6 heteroatoms. The number of hydrogen-bond acceptors (Lipinski definition) is 4. The lowest BCUT2D eigenvalue weighted by atomic mass is 10.1. The number of ether oxygens (including phenoxy) is 1. The van der Waals surface area contributed by atoms with E-state index in [1.165, 1.54) is 4.90 Å². The zero-order valence-electron chi connectivity index (χ0n) is 10.2. The molecule has 1 aliphatic rings. The molecule has 17 heavy (non-hydrogen) atoms. The Hall–Kier alpha value is -1.59. The fourth-order valence-electron chi connectivity index (χ4n) is 1.72. The second-order valence-electron chi connectivity index (χ2n) is 5.00. The second-order valence-corrected chi connectivity index (χ2v) is 5.00. The Morgan fingerprint density at radius 1 is 1.29 bits per heavy atom. The number of carbonyl (C=O) groups excluding carboxylic acids is 2. The third-order valence-electron chi connectivity index (χ3n) is 2.39. The molecule has 1 atom stereocenters. The summed E-state index contributed by atoms with van der Waals surface area (Å²) in [5.41, 5.74) is -0.656. The van der Waals surface area contributed by atoms with Crippen LogP contribution in [0, 0.1) is 0 Å². The number of aliphatic carboxylic acids is 1. The van der Waals surface area contributed by atoms with Crippen molar-refractivity contribution in [2.24, 2.45) is 0 Å². The van der Waals surface area contributed by atoms with Crippen LogP contribution in [-0.2, 0) is 14.3 Å². The van der Waals surface area contributed by atoms with Gasteiger partial charge in [-0.3, -0.25) is 9.69 Å². The van der Waals surface area contributed by atoms with Gasteiger partial charge in [0.15, 0.2) is 0 Å². The first-order valence-corrected chi connectivity index (χ1v) is 5.49. The van der Waals surface area contributed by atoms with E-state index >= 15 is 0 Å². The molecule has 96 valence electrons. The van der Waals surface area contributed by atoms with Crippen molar-refractivity contribution >= 4 is 17.8 Å². The van der Waals surface area contributed by atoms with E-state index in [1.807, 2.05) is 0 Å². The average Bonchev–Trinajstić information content (AvgIpc) is 2.61. The van der Waals surface area contributed by atoms with Gasteiger partial charge < -0.3 is 9.84 Å². The molecule has 0 aromatic rings. The lowest BCUT2D eigenvalue weighted by Gasteiger charge is -2.27. The van der Waals surface area contributed by atoms with Crippen LogP contribution in [0.5, 0.6) is 0 Å². The van der Waals surface area contributed by atoms with Crippen molar-refractivity contribution in [3.63, 3.8) is 0 Å². The minimum Gasteiger partial charge on any atom is -0.475 e. The number of Topliss-reactive ketones (excluding diaryl/α,β-unsaturated/α-hetero) is 1. The van der Waals surface area contributed by atoms with Gasteiger partial charge in [0.1, 0.15) is 11.6 Å². The summed E-state index contributed by atoms with van der Waals surface area (Å²) in [6.07, 6.45) is 0.363. The van der Waals surface area contributed by atoms with Crippen LogP contribution in [-0.4, -0.2) is 46.0 Å². The van der Waals surface area contributed by atoms with E-state index < -0.39 is 29.5 Å². The third-order valence-corrected chi connectivity index (χ3v) is 2.39. The molecule has 1 aliphatic heterocycles. The maximum Gasteiger partial charge on any atom is 0.410 e. The molecule has 0 saturated carbocycles. The van der Waals surface area contributed by atoms with Crippen molar-refractivity contribution < 1.29 is 24.2 Å². The van der Waals surface area contributed by atoms with E-state index in [1.54, 1.807) is 20.8 Å². The van der Waals surface area contributed by atoms with E-state index in [2.05, 4.69) is 0 Å². The van der Waals surface area contributed by atoms with Crippen molar-refractivity contribution in [1.29, 1.82) is 0 Å². The van der Waals surface area contributed by atoms with Gasteiger partial charge in [0, 0.05) is 6.54 Å². The normalized spacial score (nSPS) is 20.2. The minimum atomic E-state index is -1.51. The summed E-state index contributed by atoms with van der Waals surface area (Å²) in [4.78, 5) is 34.9. The number of amides is 1. The SMILES string of the molecule is CC(C)(C)OC(=O)N1CCC[C@H]1C(=O)C(=O)O. The Balaban J connectivity index is 2.73. The molecule has 0 bridgehead atoms. The summed E-state index contributed by atoms with van der Waals surface area (Å²) < 4.78 is 5.12. The van der Waals surface area contributed by atoms with Crippen LogP contribution in [0.15, 0.2) is 0 Å². The van der Waals surface area contributed by atoms with Crippen molar-refractivity contribution in [2.45, 2.75) is 45.3 Å². The van der Waals surface area contributed by atoms with Gasteiger partial charge in [0.2, 0.25) is 0 Å². The van der Waals surface area contributed by atoms with Gasteiger partial charge in [0.05, 0.1) is 0 Å². The van der Waals surface area contributed by atoms with Crippen LogP contribution in [0.3, 0.4) is 0 Å². The highest BCUT2D eigenvalue weighted by Crippen LogP contribution is 2.21. The van der Waals surface area contributed by atoms with Crippen LogP contribution >= 0.6 is 0 Å². The molecular weight excluding hydrogens is 226 g/mol. The van der Waals surface area contributed by atoms with E-state index in [0.717, 1.165) is 0 Å². The highest BCUT2D eigenvalue weighted by Gasteiger charge is 2.39. The molecule has 1 saturated heterocycles. The average molecular weight is 243 g/mol. The first kappa shape index (κ1) is 13.5. The molecule has 1 fully saturated rings. The highest BCUT2D eigenvalue weighted by atomic mass is 16.6. The minimum absolute atomic E-state index is 0.360. The summed E-state index contributed by atoms with van der Waals surface area (Å²) >= 11 is 0. The summed E-state index contributed by atoms with van der Waals surface area (Å²) in [7, 11) is 0. The summed E-state index contributed by atoms with van der Waals surface area (Å²) in [5, 5.41) is 8.65. The summed E-state index contributed by atoms with van der Waals surface area (Å²) in [5.74, 6) is -2.46. The van der Waals surface area contributed by atoms with Crippen molar-refractivity contribution in [3.8, 4) is 0 Å². The summed E-state index contributed by atoms with van der Waals surface area (Å²) in [6.45, 7) is 5.51. The molecule has 1 amide bonds. The quantitative estimate of drug-likeness (QED) is 0.732. The van der Waals surface area contributed by atoms with E-state index in [0.29, 0.717) is 19.4 Å². The number of likely N-dealkylation sites (tertiary alicyclic amines) is 1. The van der Waals surface area contributed by atoms with Gasteiger partial charge in [-0.15, -0.1) is 0 Å². The topological polar surface area (TPSA) is 83.9 Å². The fraction of sp³-hybridized carbons (Fsp3) is 0.727. The largest absolute Gasteiger partial charge is 0.475 e. The first-order chi connectivity index (χ1) is 7.72. The molecule has 1 rings (SSSR count). The lowest BCUT2D eigenvalue weighted by Crippen LogP contribution is -2.45. The van der Waals surface area contributed by atoms with E-state index in [-0.39, 0.29) is 0 Å². The summed E-state index contributed by atoms with van der Waals surface area (Å²) in [6, 6.07) is -0.887. The van der Waals surface area contributed by atoms with Gasteiger partial charge in [-0.25, -0.2) is 9.59 Å². The molecule has 0 aliphatic carbocycles. The van der Waals surface area contributed by atoms with Gasteiger partial charge in [-0.2, -0.15) is 0 Å². The van der Waals surface area contributed by atoms with Gasteiger partial charge >= 0.3 is 12.1 Å². The fourth-order valence-corrected chi connectivity index (χ4v) is 1.72. The van der Waals surface area contributed by atoms with Crippen LogP contribution < -0.4 is 0 Å². The van der Waals surface area contributed by atoms with Gasteiger partial charge in [-0.05, 0) is 33.6 Å². The maximum absolute atomic E-state index is 11.8. The van der Waals surface area contributed by atoms with Crippen molar-refractivity contribution in [1.82, 2.24) is 4.90 Å². The number of ketones is 1. The number of nitrogens with zero attached hydrogens (tertiary/aromatic N) is 1. The monoisotopic (exact) mass is 243 g/mol. The van der Waals surface area contributed by atoms with Gasteiger partial charge in [0.25, 0.3) is 5.78 Å².